The maximum Gasteiger partial charge on any atom is 0.306 e. The summed E-state index contributed by atoms with van der Waals surface area (Å²) in [6.45, 7) is 10.7. The molecule has 212 valence electrons. The van der Waals surface area contributed by atoms with Crippen molar-refractivity contribution in [3.05, 3.63) is 11.6 Å². The van der Waals surface area contributed by atoms with Crippen molar-refractivity contribution in [1.82, 2.24) is 0 Å². The highest BCUT2D eigenvalue weighted by atomic mass is 16.5. The van der Waals surface area contributed by atoms with Gasteiger partial charge in [-0.2, -0.15) is 0 Å². The third kappa shape index (κ3) is 6.33. The lowest BCUT2D eigenvalue weighted by molar-refractivity contribution is -0.151. The molecule has 3 fully saturated rings. The summed E-state index contributed by atoms with van der Waals surface area (Å²) in [5, 5.41) is 0. The molecule has 0 saturated heterocycles. The molecule has 3 heteroatoms. The summed E-state index contributed by atoms with van der Waals surface area (Å²) in [5.74, 6) is 4.03. The number of nitrogens with two attached hydrogens (primary N) is 1. The molecule has 0 spiro atoms. The molecular weight excluding hydrogens is 454 g/mol. The molecule has 4 aliphatic carbocycles. The van der Waals surface area contributed by atoms with Crippen LogP contribution in [0.1, 0.15) is 143 Å². The van der Waals surface area contributed by atoms with Gasteiger partial charge < -0.3 is 10.5 Å². The number of carbonyl (C=O) groups is 1. The van der Waals surface area contributed by atoms with E-state index in [1.54, 1.807) is 5.57 Å². The minimum absolute atomic E-state index is 0.0466. The molecule has 37 heavy (non-hydrogen) atoms. The first-order valence-electron chi connectivity index (χ1n) is 16.4. The lowest BCUT2D eigenvalue weighted by Crippen LogP contribution is -2.51. The van der Waals surface area contributed by atoms with Crippen LogP contribution in [0.15, 0.2) is 11.6 Å². The molecule has 1 unspecified atom stereocenters. The highest BCUT2D eigenvalue weighted by Crippen LogP contribution is 2.67. The van der Waals surface area contributed by atoms with E-state index in [9.17, 15) is 4.79 Å². The van der Waals surface area contributed by atoms with Crippen LogP contribution in [-0.2, 0) is 9.53 Å². The van der Waals surface area contributed by atoms with E-state index in [0.29, 0.717) is 23.2 Å². The summed E-state index contributed by atoms with van der Waals surface area (Å²) in [6.07, 6.45) is 24.9. The van der Waals surface area contributed by atoms with Gasteiger partial charge in [0, 0.05) is 12.8 Å². The number of ether oxygens (including phenoxy) is 1. The number of unbranched alkanes of at least 4 members (excludes halogenated alkanes) is 8. The van der Waals surface area contributed by atoms with Crippen LogP contribution in [0.4, 0.5) is 0 Å². The van der Waals surface area contributed by atoms with E-state index in [1.807, 2.05) is 0 Å². The van der Waals surface area contributed by atoms with Crippen molar-refractivity contribution in [2.45, 2.75) is 149 Å². The predicted molar refractivity (Wildman–Crippen MR) is 155 cm³/mol. The van der Waals surface area contributed by atoms with Crippen molar-refractivity contribution in [3.63, 3.8) is 0 Å². The molecule has 0 amide bonds. The number of allylic oxidation sites excluding steroid dienone is 1. The van der Waals surface area contributed by atoms with Gasteiger partial charge in [-0.3, -0.25) is 4.79 Å². The molecule has 0 bridgehead atoms. The standard InChI is InChI=1S/C34H59NO2/c1-5-6-7-8-9-10-11-12-13-14-32(36)37-27-19-21-33(3)26(23-27)15-16-28-30-18-17-29(25(2)24-35)34(30,4)22-20-31(28)33/h15,25,27-31H,5-14,16-24,35H2,1-4H3/t25?,27-,28-,29+,30-,31-,33-,34+/m0/s1. The van der Waals surface area contributed by atoms with Gasteiger partial charge in [0.05, 0.1) is 0 Å². The van der Waals surface area contributed by atoms with Crippen LogP contribution in [0.5, 0.6) is 0 Å². The fourth-order valence-electron chi connectivity index (χ4n) is 9.69. The maximum atomic E-state index is 12.6. The smallest absolute Gasteiger partial charge is 0.306 e. The summed E-state index contributed by atoms with van der Waals surface area (Å²) in [7, 11) is 0. The van der Waals surface area contributed by atoms with Crippen molar-refractivity contribution in [2.24, 2.45) is 46.2 Å². The monoisotopic (exact) mass is 513 g/mol. The Bertz CT molecular complexity index is 776. The Morgan fingerprint density at radius 1 is 0.973 bits per heavy atom. The molecule has 4 aliphatic rings. The average Bonchev–Trinajstić information content (AvgIpc) is 3.24. The highest BCUT2D eigenvalue weighted by molar-refractivity contribution is 5.69. The molecular formula is C34H59NO2. The Labute approximate surface area is 229 Å². The van der Waals surface area contributed by atoms with Gasteiger partial charge in [0.25, 0.3) is 0 Å². The predicted octanol–water partition coefficient (Wildman–Crippen LogP) is 8.99. The molecule has 0 aromatic rings. The quantitative estimate of drug-likeness (QED) is 0.152. The van der Waals surface area contributed by atoms with Crippen LogP contribution < -0.4 is 5.73 Å². The van der Waals surface area contributed by atoms with E-state index in [-0.39, 0.29) is 12.1 Å². The fraction of sp³-hybridized carbons (Fsp3) is 0.912. The summed E-state index contributed by atoms with van der Waals surface area (Å²) < 4.78 is 6.04. The van der Waals surface area contributed by atoms with Crippen LogP contribution in [-0.4, -0.2) is 18.6 Å². The van der Waals surface area contributed by atoms with Gasteiger partial charge in [-0.15, -0.1) is 0 Å². The van der Waals surface area contributed by atoms with Crippen LogP contribution >= 0.6 is 0 Å². The zero-order valence-corrected chi connectivity index (χ0v) is 24.9. The van der Waals surface area contributed by atoms with Gasteiger partial charge in [-0.05, 0) is 98.3 Å². The summed E-state index contributed by atoms with van der Waals surface area (Å²) in [4.78, 5) is 12.6. The minimum Gasteiger partial charge on any atom is -0.462 e. The largest absolute Gasteiger partial charge is 0.462 e. The Balaban J connectivity index is 1.23. The fourth-order valence-corrected chi connectivity index (χ4v) is 9.69. The Morgan fingerprint density at radius 3 is 2.38 bits per heavy atom. The van der Waals surface area contributed by atoms with E-state index in [2.05, 4.69) is 33.8 Å². The van der Waals surface area contributed by atoms with Gasteiger partial charge in [0.1, 0.15) is 6.10 Å². The number of fused-ring (bicyclic) bond motifs is 5. The number of hydrogen-bond donors (Lipinski definition) is 1. The SMILES string of the molecule is CCCCCCCCCCCC(=O)O[C@H]1CC[C@@]2(C)C(=CC[C@H]3[C@@H]4CC[C@H](C(C)CN)[C@@]4(C)CC[C@@H]32)C1. The second-order valence-electron chi connectivity index (χ2n) is 14.1. The second-order valence-corrected chi connectivity index (χ2v) is 14.1. The van der Waals surface area contributed by atoms with Gasteiger partial charge in [0.15, 0.2) is 0 Å². The maximum absolute atomic E-state index is 12.6. The van der Waals surface area contributed by atoms with Crippen molar-refractivity contribution in [2.75, 3.05) is 6.54 Å². The van der Waals surface area contributed by atoms with Crippen LogP contribution in [0, 0.1) is 40.4 Å². The third-order valence-corrected chi connectivity index (χ3v) is 12.0. The number of hydrogen-bond acceptors (Lipinski definition) is 3. The van der Waals surface area contributed by atoms with Crippen LogP contribution in [0.3, 0.4) is 0 Å². The molecule has 0 radical (unpaired) electrons. The molecule has 3 saturated carbocycles. The Kier molecular flexibility index (Phi) is 10.3. The van der Waals surface area contributed by atoms with Crippen molar-refractivity contribution < 1.29 is 9.53 Å². The van der Waals surface area contributed by atoms with E-state index in [4.69, 9.17) is 10.5 Å². The second kappa shape index (κ2) is 13.0. The molecule has 0 heterocycles. The zero-order chi connectivity index (χ0) is 26.5. The average molecular weight is 514 g/mol. The van der Waals surface area contributed by atoms with Gasteiger partial charge in [-0.1, -0.05) is 90.7 Å². The topological polar surface area (TPSA) is 52.3 Å². The first-order chi connectivity index (χ1) is 17.8. The summed E-state index contributed by atoms with van der Waals surface area (Å²) in [6, 6.07) is 0. The van der Waals surface area contributed by atoms with Crippen LogP contribution in [0.2, 0.25) is 0 Å². The molecule has 4 rings (SSSR count). The van der Waals surface area contributed by atoms with Crippen molar-refractivity contribution in [3.8, 4) is 0 Å². The van der Waals surface area contributed by atoms with Gasteiger partial charge >= 0.3 is 5.97 Å². The highest BCUT2D eigenvalue weighted by Gasteiger charge is 2.59. The first-order valence-corrected chi connectivity index (χ1v) is 16.4. The molecule has 0 aromatic carbocycles. The lowest BCUT2D eigenvalue weighted by Gasteiger charge is -2.58. The molecule has 2 N–H and O–H groups in total. The molecule has 3 nitrogen and oxygen atoms in total. The van der Waals surface area contributed by atoms with Gasteiger partial charge in [0.2, 0.25) is 0 Å². The number of carbonyl (C=O) groups excluding carboxylic acids is 1. The summed E-state index contributed by atoms with van der Waals surface area (Å²) in [5.41, 5.74) is 8.57. The van der Waals surface area contributed by atoms with Crippen molar-refractivity contribution >= 4 is 5.97 Å². The molecule has 0 aliphatic heterocycles. The van der Waals surface area contributed by atoms with E-state index in [1.165, 1.54) is 89.9 Å². The first kappa shape index (κ1) is 29.2. The normalized spacial score (nSPS) is 37.8. The van der Waals surface area contributed by atoms with E-state index >= 15 is 0 Å². The molecule has 8 atom stereocenters. The third-order valence-electron chi connectivity index (χ3n) is 12.0. The van der Waals surface area contributed by atoms with Crippen LogP contribution in [0.25, 0.3) is 0 Å². The van der Waals surface area contributed by atoms with Crippen molar-refractivity contribution in [1.29, 1.82) is 0 Å². The Hall–Kier alpha value is -0.830. The van der Waals surface area contributed by atoms with Gasteiger partial charge in [-0.25, -0.2) is 0 Å². The minimum atomic E-state index is 0.0466. The lowest BCUT2D eigenvalue weighted by atomic mass is 9.47. The van der Waals surface area contributed by atoms with E-state index in [0.717, 1.165) is 49.5 Å². The zero-order valence-electron chi connectivity index (χ0n) is 24.9. The number of esters is 1. The summed E-state index contributed by atoms with van der Waals surface area (Å²) >= 11 is 0. The Morgan fingerprint density at radius 2 is 1.68 bits per heavy atom. The number of rotatable bonds is 13. The molecule has 0 aromatic heterocycles. The van der Waals surface area contributed by atoms with E-state index < -0.39 is 0 Å².